The Kier molecular flexibility index (Phi) is 4.85. The molecule has 0 aliphatic rings. The highest BCUT2D eigenvalue weighted by Crippen LogP contribution is 2.28. The second-order valence-corrected chi connectivity index (χ2v) is 6.07. The number of carbonyl (C=O) groups is 1. The lowest BCUT2D eigenvalue weighted by Gasteiger charge is -2.21. The maximum Gasteiger partial charge on any atom is 0.255 e. The standard InChI is InChI=1S/C16H19NO3S/c1-10(2)15(14-5-4-8-21-14)17-16(19)12-7-6-11(20-3)9-13(12)18/h4-10,15,18H,1-3H3,(H,17,19). The van der Waals surface area contributed by atoms with Crippen LogP contribution in [0.3, 0.4) is 0 Å². The molecular weight excluding hydrogens is 286 g/mol. The van der Waals surface area contributed by atoms with E-state index in [4.69, 9.17) is 4.74 Å². The SMILES string of the molecule is COc1ccc(C(=O)NC(c2cccs2)C(C)C)c(O)c1. The van der Waals surface area contributed by atoms with Crippen LogP contribution < -0.4 is 10.1 Å². The first kappa shape index (κ1) is 15.4. The van der Waals surface area contributed by atoms with Crippen molar-refractivity contribution in [3.63, 3.8) is 0 Å². The second kappa shape index (κ2) is 6.63. The van der Waals surface area contributed by atoms with Crippen molar-refractivity contribution < 1.29 is 14.6 Å². The van der Waals surface area contributed by atoms with E-state index >= 15 is 0 Å². The molecule has 21 heavy (non-hydrogen) atoms. The Bertz CT molecular complexity index is 608. The van der Waals surface area contributed by atoms with Gasteiger partial charge in [0.15, 0.2) is 0 Å². The Labute approximate surface area is 128 Å². The zero-order valence-corrected chi connectivity index (χ0v) is 13.1. The van der Waals surface area contributed by atoms with Crippen LogP contribution in [0.5, 0.6) is 11.5 Å². The van der Waals surface area contributed by atoms with Crippen molar-refractivity contribution in [2.24, 2.45) is 5.92 Å². The van der Waals surface area contributed by atoms with Gasteiger partial charge in [-0.2, -0.15) is 0 Å². The van der Waals surface area contributed by atoms with Crippen LogP contribution in [-0.2, 0) is 0 Å². The zero-order chi connectivity index (χ0) is 15.4. The summed E-state index contributed by atoms with van der Waals surface area (Å²) in [6, 6.07) is 8.55. The van der Waals surface area contributed by atoms with Gasteiger partial charge in [0, 0.05) is 10.9 Å². The van der Waals surface area contributed by atoms with Crippen LogP contribution in [-0.4, -0.2) is 18.1 Å². The molecule has 2 aromatic rings. The van der Waals surface area contributed by atoms with E-state index in [2.05, 4.69) is 19.2 Å². The highest BCUT2D eigenvalue weighted by Gasteiger charge is 2.21. The van der Waals surface area contributed by atoms with Gasteiger partial charge in [-0.05, 0) is 29.5 Å². The van der Waals surface area contributed by atoms with E-state index in [0.29, 0.717) is 5.75 Å². The summed E-state index contributed by atoms with van der Waals surface area (Å²) in [7, 11) is 1.51. The van der Waals surface area contributed by atoms with Gasteiger partial charge in [-0.3, -0.25) is 4.79 Å². The van der Waals surface area contributed by atoms with E-state index in [-0.39, 0.29) is 29.2 Å². The minimum atomic E-state index is -0.290. The lowest BCUT2D eigenvalue weighted by atomic mass is 10.0. The highest BCUT2D eigenvalue weighted by atomic mass is 32.1. The molecule has 2 N–H and O–H groups in total. The van der Waals surface area contributed by atoms with Crippen LogP contribution in [0.2, 0.25) is 0 Å². The lowest BCUT2D eigenvalue weighted by Crippen LogP contribution is -2.31. The number of hydrogen-bond acceptors (Lipinski definition) is 4. The number of methoxy groups -OCH3 is 1. The number of carbonyl (C=O) groups excluding carboxylic acids is 1. The Hall–Kier alpha value is -2.01. The largest absolute Gasteiger partial charge is 0.507 e. The van der Waals surface area contributed by atoms with Crippen molar-refractivity contribution >= 4 is 17.2 Å². The zero-order valence-electron chi connectivity index (χ0n) is 12.3. The minimum Gasteiger partial charge on any atom is -0.507 e. The predicted molar refractivity (Wildman–Crippen MR) is 84.0 cm³/mol. The second-order valence-electron chi connectivity index (χ2n) is 5.09. The lowest BCUT2D eigenvalue weighted by molar-refractivity contribution is 0.0924. The van der Waals surface area contributed by atoms with Crippen LogP contribution in [0.1, 0.15) is 35.1 Å². The Morgan fingerprint density at radius 2 is 2.10 bits per heavy atom. The first-order valence-corrected chi connectivity index (χ1v) is 7.62. The van der Waals surface area contributed by atoms with Crippen molar-refractivity contribution in [2.75, 3.05) is 7.11 Å². The van der Waals surface area contributed by atoms with Gasteiger partial charge in [0.1, 0.15) is 11.5 Å². The Balaban J connectivity index is 2.20. The molecule has 0 saturated heterocycles. The number of phenols is 1. The van der Waals surface area contributed by atoms with Crippen molar-refractivity contribution in [2.45, 2.75) is 19.9 Å². The molecule has 4 nitrogen and oxygen atoms in total. The summed E-state index contributed by atoms with van der Waals surface area (Å²) in [6.45, 7) is 4.11. The van der Waals surface area contributed by atoms with E-state index in [0.717, 1.165) is 4.88 Å². The van der Waals surface area contributed by atoms with E-state index < -0.39 is 0 Å². The summed E-state index contributed by atoms with van der Waals surface area (Å²) in [5.41, 5.74) is 0.248. The third-order valence-corrected chi connectivity index (χ3v) is 4.21. The summed E-state index contributed by atoms with van der Waals surface area (Å²) in [5.74, 6) is 0.401. The molecule has 0 radical (unpaired) electrons. The van der Waals surface area contributed by atoms with Crippen molar-refractivity contribution in [1.29, 1.82) is 0 Å². The summed E-state index contributed by atoms with van der Waals surface area (Å²) >= 11 is 1.61. The molecule has 0 aliphatic carbocycles. The summed E-state index contributed by atoms with van der Waals surface area (Å²) in [5, 5.41) is 14.9. The smallest absolute Gasteiger partial charge is 0.255 e. The molecule has 0 spiro atoms. The monoisotopic (exact) mass is 305 g/mol. The Morgan fingerprint density at radius 3 is 2.62 bits per heavy atom. The van der Waals surface area contributed by atoms with E-state index in [1.165, 1.54) is 13.2 Å². The summed E-state index contributed by atoms with van der Waals surface area (Å²) in [6.07, 6.45) is 0. The van der Waals surface area contributed by atoms with Gasteiger partial charge >= 0.3 is 0 Å². The van der Waals surface area contributed by atoms with E-state index in [1.807, 2.05) is 17.5 Å². The molecule has 5 heteroatoms. The number of amides is 1. The number of ether oxygens (including phenoxy) is 1. The van der Waals surface area contributed by atoms with Crippen LogP contribution >= 0.6 is 11.3 Å². The van der Waals surface area contributed by atoms with Crippen LogP contribution in [0.25, 0.3) is 0 Å². The van der Waals surface area contributed by atoms with Crippen LogP contribution in [0.15, 0.2) is 35.7 Å². The number of nitrogens with one attached hydrogen (secondary N) is 1. The molecule has 112 valence electrons. The first-order chi connectivity index (χ1) is 10.0. The van der Waals surface area contributed by atoms with Gasteiger partial charge in [0.25, 0.3) is 5.91 Å². The average Bonchev–Trinajstić information content (AvgIpc) is 2.97. The molecule has 0 bridgehead atoms. The fraction of sp³-hybridized carbons (Fsp3) is 0.312. The molecule has 1 heterocycles. The maximum atomic E-state index is 12.4. The topological polar surface area (TPSA) is 58.6 Å². The van der Waals surface area contributed by atoms with E-state index in [1.54, 1.807) is 23.5 Å². The molecule has 1 aromatic carbocycles. The Morgan fingerprint density at radius 1 is 1.33 bits per heavy atom. The maximum absolute atomic E-state index is 12.4. The number of benzene rings is 1. The third-order valence-electron chi connectivity index (χ3n) is 3.25. The van der Waals surface area contributed by atoms with Gasteiger partial charge in [-0.15, -0.1) is 11.3 Å². The van der Waals surface area contributed by atoms with E-state index in [9.17, 15) is 9.90 Å². The number of thiophene rings is 1. The fourth-order valence-corrected chi connectivity index (χ4v) is 3.03. The van der Waals surface area contributed by atoms with Crippen molar-refractivity contribution in [3.05, 3.63) is 46.2 Å². The summed E-state index contributed by atoms with van der Waals surface area (Å²) in [4.78, 5) is 13.5. The normalized spacial score (nSPS) is 12.2. The third kappa shape index (κ3) is 3.55. The molecule has 2 rings (SSSR count). The first-order valence-electron chi connectivity index (χ1n) is 6.74. The number of aromatic hydroxyl groups is 1. The molecule has 0 saturated carbocycles. The van der Waals surface area contributed by atoms with Crippen molar-refractivity contribution in [3.8, 4) is 11.5 Å². The average molecular weight is 305 g/mol. The van der Waals surface area contributed by atoms with Crippen LogP contribution in [0.4, 0.5) is 0 Å². The van der Waals surface area contributed by atoms with Gasteiger partial charge in [0.05, 0.1) is 18.7 Å². The molecule has 1 atom stereocenters. The molecule has 1 unspecified atom stereocenters. The van der Waals surface area contributed by atoms with Gasteiger partial charge in [-0.25, -0.2) is 0 Å². The molecule has 1 amide bonds. The predicted octanol–water partition coefficient (Wildman–Crippen LogP) is 3.59. The van der Waals surface area contributed by atoms with Crippen molar-refractivity contribution in [1.82, 2.24) is 5.32 Å². The van der Waals surface area contributed by atoms with Crippen LogP contribution in [0, 0.1) is 5.92 Å². The molecular formula is C16H19NO3S. The molecule has 0 aliphatic heterocycles. The number of rotatable bonds is 5. The van der Waals surface area contributed by atoms with Gasteiger partial charge in [0.2, 0.25) is 0 Å². The quantitative estimate of drug-likeness (QED) is 0.887. The van der Waals surface area contributed by atoms with Gasteiger partial charge in [-0.1, -0.05) is 19.9 Å². The number of phenolic OH excluding ortho intramolecular Hbond substituents is 1. The summed E-state index contributed by atoms with van der Waals surface area (Å²) < 4.78 is 5.02. The number of hydrogen-bond donors (Lipinski definition) is 2. The highest BCUT2D eigenvalue weighted by molar-refractivity contribution is 7.10. The molecule has 1 aromatic heterocycles. The molecule has 0 fully saturated rings. The minimum absolute atomic E-state index is 0.0704. The van der Waals surface area contributed by atoms with Gasteiger partial charge < -0.3 is 15.2 Å². The fourth-order valence-electron chi connectivity index (χ4n) is 2.08.